The van der Waals surface area contributed by atoms with Gasteiger partial charge in [-0.05, 0) is 39.7 Å². The van der Waals surface area contributed by atoms with Crippen molar-refractivity contribution in [2.45, 2.75) is 0 Å². The van der Waals surface area contributed by atoms with E-state index >= 15 is 0 Å². The Labute approximate surface area is 128 Å². The number of fused-ring (bicyclic) bond motifs is 2. The lowest BCUT2D eigenvalue weighted by molar-refractivity contribution is 0.103. The molecule has 0 spiro atoms. The van der Waals surface area contributed by atoms with Crippen LogP contribution in [0.3, 0.4) is 0 Å². The molecule has 0 aliphatic rings. The molecule has 4 rings (SSSR count). The molecule has 0 aromatic heterocycles. The molecule has 0 saturated heterocycles. The number of ketones is 1. The minimum absolute atomic E-state index is 0.00987. The number of hydrogen-bond donors (Lipinski definition) is 0. The molecule has 0 amide bonds. The molecular weight excluding hydrogens is 268 g/mol. The Morgan fingerprint density at radius 3 is 2.14 bits per heavy atom. The van der Waals surface area contributed by atoms with E-state index < -0.39 is 0 Å². The van der Waals surface area contributed by atoms with Gasteiger partial charge in [-0.2, -0.15) is 0 Å². The molecular formula is C21H13O. The van der Waals surface area contributed by atoms with Gasteiger partial charge >= 0.3 is 0 Å². The summed E-state index contributed by atoms with van der Waals surface area (Å²) in [6.07, 6.45) is 0. The van der Waals surface area contributed by atoms with Crippen LogP contribution in [0, 0.1) is 6.07 Å². The van der Waals surface area contributed by atoms with Crippen molar-refractivity contribution in [1.82, 2.24) is 0 Å². The molecule has 4 aromatic carbocycles. The molecule has 0 saturated carbocycles. The van der Waals surface area contributed by atoms with Gasteiger partial charge in [-0.1, -0.05) is 60.7 Å². The summed E-state index contributed by atoms with van der Waals surface area (Å²) in [5.74, 6) is 0.00987. The van der Waals surface area contributed by atoms with Gasteiger partial charge in [0.2, 0.25) is 0 Å². The molecule has 1 nitrogen and oxygen atoms in total. The Morgan fingerprint density at radius 2 is 1.36 bits per heavy atom. The van der Waals surface area contributed by atoms with E-state index in [1.807, 2.05) is 54.6 Å². The van der Waals surface area contributed by atoms with E-state index in [1.54, 1.807) is 0 Å². The van der Waals surface area contributed by atoms with Crippen LogP contribution in [0.2, 0.25) is 0 Å². The van der Waals surface area contributed by atoms with E-state index in [2.05, 4.69) is 30.3 Å². The minimum Gasteiger partial charge on any atom is -0.289 e. The Morgan fingerprint density at radius 1 is 0.682 bits per heavy atom. The van der Waals surface area contributed by atoms with Gasteiger partial charge in [0.25, 0.3) is 0 Å². The first kappa shape index (κ1) is 12.8. The van der Waals surface area contributed by atoms with Crippen molar-refractivity contribution >= 4 is 27.3 Å². The highest BCUT2D eigenvalue weighted by molar-refractivity contribution is 6.11. The smallest absolute Gasteiger partial charge is 0.193 e. The van der Waals surface area contributed by atoms with Gasteiger partial charge in [0.05, 0.1) is 0 Å². The van der Waals surface area contributed by atoms with Gasteiger partial charge in [0.1, 0.15) is 0 Å². The molecule has 0 atom stereocenters. The first-order chi connectivity index (χ1) is 10.8. The maximum atomic E-state index is 12.5. The molecule has 0 bridgehead atoms. The topological polar surface area (TPSA) is 17.1 Å². The molecule has 0 aliphatic heterocycles. The van der Waals surface area contributed by atoms with Crippen LogP contribution in [0.15, 0.2) is 78.9 Å². The summed E-state index contributed by atoms with van der Waals surface area (Å²) in [4.78, 5) is 12.5. The number of carbonyl (C=O) groups is 1. The van der Waals surface area contributed by atoms with E-state index in [-0.39, 0.29) is 5.78 Å². The van der Waals surface area contributed by atoms with E-state index in [1.165, 1.54) is 5.39 Å². The zero-order valence-electron chi connectivity index (χ0n) is 11.9. The SMILES string of the molecule is O=C(c1[c]c2cc3ccccc3cc2cc1)c1ccccc1. The number of hydrogen-bond acceptors (Lipinski definition) is 1. The molecule has 0 N–H and O–H groups in total. The van der Waals surface area contributed by atoms with Gasteiger partial charge in [0, 0.05) is 17.2 Å². The molecule has 1 radical (unpaired) electrons. The van der Waals surface area contributed by atoms with Gasteiger partial charge in [-0.3, -0.25) is 4.79 Å². The summed E-state index contributed by atoms with van der Waals surface area (Å²) in [6.45, 7) is 0. The van der Waals surface area contributed by atoms with E-state index in [9.17, 15) is 4.79 Å². The number of carbonyl (C=O) groups excluding carboxylic acids is 1. The van der Waals surface area contributed by atoms with Crippen molar-refractivity contribution in [3.05, 3.63) is 96.1 Å². The van der Waals surface area contributed by atoms with Crippen molar-refractivity contribution in [1.29, 1.82) is 0 Å². The van der Waals surface area contributed by atoms with Crippen molar-refractivity contribution in [2.75, 3.05) is 0 Å². The average molecular weight is 281 g/mol. The molecule has 0 aliphatic carbocycles. The van der Waals surface area contributed by atoms with Crippen LogP contribution < -0.4 is 0 Å². The molecule has 1 heteroatoms. The van der Waals surface area contributed by atoms with Crippen molar-refractivity contribution < 1.29 is 4.79 Å². The zero-order chi connectivity index (χ0) is 14.9. The number of rotatable bonds is 2. The summed E-state index contributed by atoms with van der Waals surface area (Å²) in [5, 5.41) is 4.44. The van der Waals surface area contributed by atoms with Gasteiger partial charge < -0.3 is 0 Å². The van der Waals surface area contributed by atoms with Crippen LogP contribution in [0.4, 0.5) is 0 Å². The van der Waals surface area contributed by atoms with Gasteiger partial charge in [-0.25, -0.2) is 0 Å². The molecule has 4 aromatic rings. The summed E-state index contributed by atoms with van der Waals surface area (Å²) in [7, 11) is 0. The normalized spacial score (nSPS) is 10.9. The van der Waals surface area contributed by atoms with Crippen LogP contribution in [0.25, 0.3) is 21.5 Å². The summed E-state index contributed by atoms with van der Waals surface area (Å²) in [5.41, 5.74) is 1.30. The van der Waals surface area contributed by atoms with Crippen LogP contribution in [0.1, 0.15) is 15.9 Å². The lowest BCUT2D eigenvalue weighted by Gasteiger charge is -2.05. The van der Waals surface area contributed by atoms with E-state index in [0.29, 0.717) is 11.1 Å². The van der Waals surface area contributed by atoms with Crippen LogP contribution in [0.5, 0.6) is 0 Å². The molecule has 0 fully saturated rings. The monoisotopic (exact) mass is 281 g/mol. The number of benzene rings is 4. The molecule has 0 unspecified atom stereocenters. The highest BCUT2D eigenvalue weighted by Gasteiger charge is 2.09. The lowest BCUT2D eigenvalue weighted by Crippen LogP contribution is -2.00. The molecule has 22 heavy (non-hydrogen) atoms. The second-order valence-electron chi connectivity index (χ2n) is 5.35. The maximum Gasteiger partial charge on any atom is 0.193 e. The molecule has 0 heterocycles. The first-order valence-electron chi connectivity index (χ1n) is 7.26. The Balaban J connectivity index is 1.86. The zero-order valence-corrected chi connectivity index (χ0v) is 11.9. The summed E-state index contributed by atoms with van der Waals surface area (Å²) < 4.78 is 0. The standard InChI is InChI=1S/C21H13O/c22-21(15-6-2-1-3-7-15)19-11-10-18-12-16-8-4-5-9-17(16)13-20(18)14-19/h1-13H. The average Bonchev–Trinajstić information content (AvgIpc) is 2.59. The first-order valence-corrected chi connectivity index (χ1v) is 7.26. The quantitative estimate of drug-likeness (QED) is 0.372. The third-order valence-electron chi connectivity index (χ3n) is 3.90. The minimum atomic E-state index is 0.00987. The fraction of sp³-hybridized carbons (Fsp3) is 0. The van der Waals surface area contributed by atoms with Crippen molar-refractivity contribution in [3.8, 4) is 0 Å². The Bertz CT molecular complexity index is 984. The molecule has 103 valence electrons. The summed E-state index contributed by atoms with van der Waals surface area (Å²) in [6, 6.07) is 28.9. The third-order valence-corrected chi connectivity index (χ3v) is 3.90. The fourth-order valence-corrected chi connectivity index (χ4v) is 2.74. The second kappa shape index (κ2) is 5.12. The summed E-state index contributed by atoms with van der Waals surface area (Å²) >= 11 is 0. The van der Waals surface area contributed by atoms with Gasteiger partial charge in [0.15, 0.2) is 5.78 Å². The Hall–Kier alpha value is -2.93. The van der Waals surface area contributed by atoms with E-state index in [0.717, 1.165) is 16.2 Å². The maximum absolute atomic E-state index is 12.5. The highest BCUT2D eigenvalue weighted by atomic mass is 16.1. The van der Waals surface area contributed by atoms with E-state index in [4.69, 9.17) is 0 Å². The predicted molar refractivity (Wildman–Crippen MR) is 90.2 cm³/mol. The third kappa shape index (κ3) is 2.17. The predicted octanol–water partition coefficient (Wildman–Crippen LogP) is 5.02. The highest BCUT2D eigenvalue weighted by Crippen LogP contribution is 2.24. The van der Waals surface area contributed by atoms with Crippen molar-refractivity contribution in [2.24, 2.45) is 0 Å². The van der Waals surface area contributed by atoms with Crippen molar-refractivity contribution in [3.63, 3.8) is 0 Å². The van der Waals surface area contributed by atoms with Gasteiger partial charge in [-0.15, -0.1) is 0 Å². The largest absolute Gasteiger partial charge is 0.289 e. The van der Waals surface area contributed by atoms with Crippen LogP contribution in [-0.2, 0) is 0 Å². The van der Waals surface area contributed by atoms with Crippen LogP contribution in [-0.4, -0.2) is 5.78 Å². The fourth-order valence-electron chi connectivity index (χ4n) is 2.74. The second-order valence-corrected chi connectivity index (χ2v) is 5.35. The Kier molecular flexibility index (Phi) is 2.97. The van der Waals surface area contributed by atoms with Crippen LogP contribution >= 0.6 is 0 Å². The lowest BCUT2D eigenvalue weighted by atomic mass is 9.98.